The Labute approximate surface area is 122 Å². The van der Waals surface area contributed by atoms with Gasteiger partial charge in [-0.05, 0) is 19.1 Å². The SMILES string of the molecule is CCOCCNC(=O)c1cc(F)c(OC)c(S(N)(=O)=O)c1. The average molecular weight is 320 g/mol. The van der Waals surface area contributed by atoms with E-state index in [0.717, 1.165) is 19.2 Å². The number of carbonyl (C=O) groups excluding carboxylic acids is 1. The number of sulfonamides is 1. The van der Waals surface area contributed by atoms with Gasteiger partial charge in [-0.3, -0.25) is 4.79 Å². The summed E-state index contributed by atoms with van der Waals surface area (Å²) < 4.78 is 46.3. The fraction of sp³-hybridized carbons (Fsp3) is 0.417. The summed E-state index contributed by atoms with van der Waals surface area (Å²) in [5.74, 6) is -2.15. The van der Waals surface area contributed by atoms with E-state index in [4.69, 9.17) is 9.88 Å². The molecule has 21 heavy (non-hydrogen) atoms. The molecule has 0 saturated heterocycles. The standard InChI is InChI=1S/C12H17FN2O5S/c1-3-20-5-4-15-12(16)8-6-9(13)11(19-2)10(7-8)21(14,17)18/h6-7H,3-5H2,1-2H3,(H,15,16)(H2,14,17,18). The van der Waals surface area contributed by atoms with Gasteiger partial charge in [0.05, 0.1) is 13.7 Å². The zero-order chi connectivity index (χ0) is 16.0. The van der Waals surface area contributed by atoms with Crippen LogP contribution in [0.4, 0.5) is 4.39 Å². The second kappa shape index (κ2) is 7.34. The van der Waals surface area contributed by atoms with Crippen LogP contribution in [0.3, 0.4) is 0 Å². The zero-order valence-corrected chi connectivity index (χ0v) is 12.5. The lowest BCUT2D eigenvalue weighted by Gasteiger charge is -2.11. The number of rotatable bonds is 7. The van der Waals surface area contributed by atoms with Crippen LogP contribution in [0.1, 0.15) is 17.3 Å². The maximum Gasteiger partial charge on any atom is 0.251 e. The van der Waals surface area contributed by atoms with Crippen molar-refractivity contribution in [3.05, 3.63) is 23.5 Å². The molecule has 9 heteroatoms. The number of halogens is 1. The lowest BCUT2D eigenvalue weighted by molar-refractivity contribution is 0.0922. The molecule has 1 amide bonds. The first-order valence-electron chi connectivity index (χ1n) is 6.07. The Hall–Kier alpha value is -1.71. The van der Waals surface area contributed by atoms with Crippen LogP contribution in [0.2, 0.25) is 0 Å². The van der Waals surface area contributed by atoms with Gasteiger partial charge in [0.2, 0.25) is 10.0 Å². The van der Waals surface area contributed by atoms with Gasteiger partial charge in [0.15, 0.2) is 11.6 Å². The Kier molecular flexibility index (Phi) is 6.06. The van der Waals surface area contributed by atoms with E-state index in [0.29, 0.717) is 13.2 Å². The highest BCUT2D eigenvalue weighted by molar-refractivity contribution is 7.89. The van der Waals surface area contributed by atoms with Crippen LogP contribution in [-0.4, -0.2) is 41.2 Å². The highest BCUT2D eigenvalue weighted by atomic mass is 32.2. The monoisotopic (exact) mass is 320 g/mol. The molecular formula is C12H17FN2O5S. The molecule has 0 saturated carbocycles. The predicted molar refractivity (Wildman–Crippen MR) is 73.2 cm³/mol. The van der Waals surface area contributed by atoms with Crippen molar-refractivity contribution in [3.63, 3.8) is 0 Å². The van der Waals surface area contributed by atoms with E-state index in [-0.39, 0.29) is 12.1 Å². The summed E-state index contributed by atoms with van der Waals surface area (Å²) in [5, 5.41) is 7.45. The number of hydrogen-bond donors (Lipinski definition) is 2. The van der Waals surface area contributed by atoms with Crippen molar-refractivity contribution in [2.45, 2.75) is 11.8 Å². The molecule has 0 spiro atoms. The molecule has 0 aliphatic rings. The van der Waals surface area contributed by atoms with Gasteiger partial charge in [-0.15, -0.1) is 0 Å². The number of nitrogens with one attached hydrogen (secondary N) is 1. The minimum atomic E-state index is -4.22. The molecule has 0 bridgehead atoms. The first kappa shape index (κ1) is 17.3. The van der Waals surface area contributed by atoms with Gasteiger partial charge in [-0.1, -0.05) is 0 Å². The summed E-state index contributed by atoms with van der Waals surface area (Å²) >= 11 is 0. The van der Waals surface area contributed by atoms with Crippen LogP contribution in [0.5, 0.6) is 5.75 Å². The first-order chi connectivity index (χ1) is 9.81. The van der Waals surface area contributed by atoms with Crippen LogP contribution in [0.25, 0.3) is 0 Å². The van der Waals surface area contributed by atoms with Crippen molar-refractivity contribution in [2.75, 3.05) is 26.9 Å². The first-order valence-corrected chi connectivity index (χ1v) is 7.62. The second-order valence-electron chi connectivity index (χ2n) is 3.99. The van der Waals surface area contributed by atoms with Gasteiger partial charge in [0.1, 0.15) is 4.90 Å². The molecule has 0 fully saturated rings. The number of primary sulfonamides is 1. The van der Waals surface area contributed by atoms with E-state index in [2.05, 4.69) is 10.1 Å². The van der Waals surface area contributed by atoms with E-state index < -0.39 is 32.4 Å². The molecule has 7 nitrogen and oxygen atoms in total. The third-order valence-electron chi connectivity index (χ3n) is 2.52. The fourth-order valence-electron chi connectivity index (χ4n) is 1.59. The Morgan fingerprint density at radius 2 is 2.10 bits per heavy atom. The number of hydrogen-bond acceptors (Lipinski definition) is 5. The van der Waals surface area contributed by atoms with Gasteiger partial charge >= 0.3 is 0 Å². The number of nitrogens with two attached hydrogens (primary N) is 1. The Morgan fingerprint density at radius 3 is 2.62 bits per heavy atom. The van der Waals surface area contributed by atoms with Gasteiger partial charge in [0.25, 0.3) is 5.91 Å². The molecule has 0 heterocycles. The Morgan fingerprint density at radius 1 is 1.43 bits per heavy atom. The summed E-state index contributed by atoms with van der Waals surface area (Å²) in [6, 6.07) is 1.84. The van der Waals surface area contributed by atoms with Gasteiger partial charge < -0.3 is 14.8 Å². The topological polar surface area (TPSA) is 108 Å². The van der Waals surface area contributed by atoms with Crippen molar-refractivity contribution in [1.82, 2.24) is 5.32 Å². The lowest BCUT2D eigenvalue weighted by Crippen LogP contribution is -2.28. The van der Waals surface area contributed by atoms with Gasteiger partial charge in [-0.25, -0.2) is 17.9 Å². The minimum Gasteiger partial charge on any atom is -0.492 e. The van der Waals surface area contributed by atoms with Crippen molar-refractivity contribution in [2.24, 2.45) is 5.14 Å². The van der Waals surface area contributed by atoms with Crippen molar-refractivity contribution >= 4 is 15.9 Å². The number of carbonyl (C=O) groups is 1. The number of benzene rings is 1. The average Bonchev–Trinajstić information content (AvgIpc) is 2.41. The van der Waals surface area contributed by atoms with Gasteiger partial charge in [0, 0.05) is 18.7 Å². The van der Waals surface area contributed by atoms with E-state index in [1.165, 1.54) is 0 Å². The molecule has 0 atom stereocenters. The number of methoxy groups -OCH3 is 1. The number of amides is 1. The molecule has 3 N–H and O–H groups in total. The number of ether oxygens (including phenoxy) is 2. The summed E-state index contributed by atoms with van der Waals surface area (Å²) in [6.07, 6.45) is 0. The molecule has 1 aromatic rings. The zero-order valence-electron chi connectivity index (χ0n) is 11.7. The highest BCUT2D eigenvalue weighted by Gasteiger charge is 2.22. The molecule has 1 rings (SSSR count). The van der Waals surface area contributed by atoms with Gasteiger partial charge in [-0.2, -0.15) is 0 Å². The van der Waals surface area contributed by atoms with E-state index in [1.807, 2.05) is 0 Å². The maximum absolute atomic E-state index is 13.8. The molecule has 0 aliphatic carbocycles. The summed E-state index contributed by atoms with van der Waals surface area (Å²) in [4.78, 5) is 11.2. The Balaban J connectivity index is 3.04. The highest BCUT2D eigenvalue weighted by Crippen LogP contribution is 2.27. The molecule has 0 radical (unpaired) electrons. The fourth-order valence-corrected chi connectivity index (χ4v) is 2.32. The quantitative estimate of drug-likeness (QED) is 0.700. The Bertz CT molecular complexity index is 618. The molecule has 118 valence electrons. The summed E-state index contributed by atoms with van der Waals surface area (Å²) in [6.45, 7) is 2.82. The third kappa shape index (κ3) is 4.66. The van der Waals surface area contributed by atoms with Crippen LogP contribution < -0.4 is 15.2 Å². The van der Waals surface area contributed by atoms with E-state index >= 15 is 0 Å². The second-order valence-corrected chi connectivity index (χ2v) is 5.52. The molecule has 0 aliphatic heterocycles. The molecular weight excluding hydrogens is 303 g/mol. The largest absolute Gasteiger partial charge is 0.492 e. The third-order valence-corrected chi connectivity index (χ3v) is 3.43. The van der Waals surface area contributed by atoms with Crippen molar-refractivity contribution < 1.29 is 27.1 Å². The van der Waals surface area contributed by atoms with Crippen molar-refractivity contribution in [1.29, 1.82) is 0 Å². The van der Waals surface area contributed by atoms with Crippen molar-refractivity contribution in [3.8, 4) is 5.75 Å². The molecule has 1 aromatic carbocycles. The molecule has 0 unspecified atom stereocenters. The lowest BCUT2D eigenvalue weighted by atomic mass is 10.2. The maximum atomic E-state index is 13.8. The van der Waals surface area contributed by atoms with Crippen LogP contribution >= 0.6 is 0 Å². The van der Waals surface area contributed by atoms with Crippen LogP contribution in [-0.2, 0) is 14.8 Å². The molecule has 0 aromatic heterocycles. The minimum absolute atomic E-state index is 0.172. The summed E-state index contributed by atoms with van der Waals surface area (Å²) in [5.41, 5.74) is -0.172. The normalized spacial score (nSPS) is 11.2. The van der Waals surface area contributed by atoms with E-state index in [9.17, 15) is 17.6 Å². The smallest absolute Gasteiger partial charge is 0.251 e. The van der Waals surface area contributed by atoms with Crippen LogP contribution in [0.15, 0.2) is 17.0 Å². The van der Waals surface area contributed by atoms with Crippen LogP contribution in [0, 0.1) is 5.82 Å². The summed E-state index contributed by atoms with van der Waals surface area (Å²) in [7, 11) is -3.12. The van der Waals surface area contributed by atoms with E-state index in [1.54, 1.807) is 6.92 Å². The predicted octanol–water partition coefficient (Wildman–Crippen LogP) is 0.248.